The number of rotatable bonds is 8. The molecule has 3 saturated heterocycles. The van der Waals surface area contributed by atoms with E-state index >= 15 is 0 Å². The van der Waals surface area contributed by atoms with E-state index in [2.05, 4.69) is 35.1 Å². The number of fused-ring (bicyclic) bond motifs is 3. The van der Waals surface area contributed by atoms with Gasteiger partial charge in [-0.05, 0) is 75.4 Å². The van der Waals surface area contributed by atoms with Gasteiger partial charge in [0.15, 0.2) is 5.82 Å². The van der Waals surface area contributed by atoms with Crippen molar-refractivity contribution in [2.45, 2.75) is 64.3 Å². The van der Waals surface area contributed by atoms with Gasteiger partial charge in [0.2, 0.25) is 0 Å². The first-order valence-corrected chi connectivity index (χ1v) is 13.4. The zero-order valence-electron chi connectivity index (χ0n) is 21.7. The molecule has 1 amide bonds. The maximum Gasteiger partial charge on any atom is 0.251 e. The smallest absolute Gasteiger partial charge is 0.251 e. The van der Waals surface area contributed by atoms with E-state index in [4.69, 9.17) is 9.97 Å². The van der Waals surface area contributed by atoms with E-state index in [1.54, 1.807) is 0 Å². The SMILES string of the molecule is CCC(CC)c1cc(C2CN3CCC2CC3CNC(=O)c2ccc(C)cc2)nc(-c2ccncc2)n1. The van der Waals surface area contributed by atoms with Crippen molar-refractivity contribution in [3.63, 3.8) is 0 Å². The zero-order chi connectivity index (χ0) is 25.1. The Balaban J connectivity index is 1.33. The van der Waals surface area contributed by atoms with Crippen molar-refractivity contribution >= 4 is 5.91 Å². The van der Waals surface area contributed by atoms with Crippen LogP contribution in [0.5, 0.6) is 0 Å². The molecule has 1 aromatic carbocycles. The van der Waals surface area contributed by atoms with Crippen LogP contribution >= 0.6 is 0 Å². The highest BCUT2D eigenvalue weighted by Crippen LogP contribution is 2.42. The summed E-state index contributed by atoms with van der Waals surface area (Å²) in [6.07, 6.45) is 8.05. The molecule has 2 aromatic heterocycles. The van der Waals surface area contributed by atoms with Crippen molar-refractivity contribution in [1.29, 1.82) is 0 Å². The third kappa shape index (κ3) is 5.19. The number of hydrogen-bond donors (Lipinski definition) is 1. The number of aryl methyl sites for hydroxylation is 1. The summed E-state index contributed by atoms with van der Waals surface area (Å²) in [6, 6.07) is 14.4. The molecule has 0 saturated carbocycles. The van der Waals surface area contributed by atoms with Crippen LogP contribution in [-0.4, -0.2) is 51.4 Å². The summed E-state index contributed by atoms with van der Waals surface area (Å²) in [6.45, 7) is 9.30. The highest BCUT2D eigenvalue weighted by Gasteiger charge is 2.41. The second-order valence-corrected chi connectivity index (χ2v) is 10.4. The molecule has 36 heavy (non-hydrogen) atoms. The molecule has 1 N–H and O–H groups in total. The molecule has 0 radical (unpaired) electrons. The van der Waals surface area contributed by atoms with E-state index in [1.165, 1.54) is 12.1 Å². The van der Waals surface area contributed by atoms with E-state index in [9.17, 15) is 4.79 Å². The Morgan fingerprint density at radius 3 is 2.50 bits per heavy atom. The van der Waals surface area contributed by atoms with Crippen LogP contribution in [0.15, 0.2) is 54.9 Å². The molecule has 6 heteroatoms. The molecule has 2 bridgehead atoms. The lowest BCUT2D eigenvalue weighted by atomic mass is 9.74. The lowest BCUT2D eigenvalue weighted by molar-refractivity contribution is 0.0290. The molecule has 0 aliphatic carbocycles. The fourth-order valence-electron chi connectivity index (χ4n) is 5.92. The standard InChI is InChI=1S/C30H37N5O/c1-4-21(5-2)27-17-28(34-29(33-27)22-10-13-31-14-11-22)26-19-35-15-12-24(26)16-25(35)18-32-30(36)23-8-6-20(3)7-9-23/h6-11,13-14,17,21,24-26H,4-5,12,15-16,18-19H2,1-3H3,(H,32,36). The van der Waals surface area contributed by atoms with Gasteiger partial charge < -0.3 is 5.32 Å². The zero-order valence-corrected chi connectivity index (χ0v) is 21.7. The molecular formula is C30H37N5O. The third-order valence-electron chi connectivity index (χ3n) is 8.18. The fraction of sp³-hybridized carbons (Fsp3) is 0.467. The fourth-order valence-corrected chi connectivity index (χ4v) is 5.92. The van der Waals surface area contributed by atoms with Crippen LogP contribution in [0.3, 0.4) is 0 Å². The van der Waals surface area contributed by atoms with Crippen molar-refractivity contribution in [3.05, 3.63) is 77.4 Å². The van der Waals surface area contributed by atoms with E-state index < -0.39 is 0 Å². The van der Waals surface area contributed by atoms with Crippen molar-refractivity contribution in [3.8, 4) is 11.4 Å². The Bertz CT molecular complexity index is 1180. The summed E-state index contributed by atoms with van der Waals surface area (Å²) in [5, 5.41) is 3.19. The van der Waals surface area contributed by atoms with E-state index in [0.717, 1.165) is 60.6 Å². The minimum atomic E-state index is 0.0156. The molecule has 5 heterocycles. The molecule has 3 fully saturated rings. The number of carbonyl (C=O) groups excluding carboxylic acids is 1. The van der Waals surface area contributed by atoms with Gasteiger partial charge >= 0.3 is 0 Å². The topological polar surface area (TPSA) is 71.0 Å². The summed E-state index contributed by atoms with van der Waals surface area (Å²) in [5.41, 5.74) is 5.26. The number of aromatic nitrogens is 3. The molecule has 6 rings (SSSR count). The van der Waals surface area contributed by atoms with Gasteiger partial charge in [-0.3, -0.25) is 14.7 Å². The summed E-state index contributed by atoms with van der Waals surface area (Å²) in [4.78, 5) is 29.5. The maximum atomic E-state index is 12.7. The van der Waals surface area contributed by atoms with Gasteiger partial charge in [0.25, 0.3) is 5.91 Å². The van der Waals surface area contributed by atoms with E-state index in [-0.39, 0.29) is 5.91 Å². The first-order valence-electron chi connectivity index (χ1n) is 13.4. The van der Waals surface area contributed by atoms with E-state index in [0.29, 0.717) is 30.3 Å². The van der Waals surface area contributed by atoms with Crippen LogP contribution < -0.4 is 5.32 Å². The summed E-state index contributed by atoms with van der Waals surface area (Å²) in [7, 11) is 0. The number of nitrogens with zero attached hydrogens (tertiary/aromatic N) is 4. The van der Waals surface area contributed by atoms with Crippen molar-refractivity contribution in [2.75, 3.05) is 19.6 Å². The van der Waals surface area contributed by atoms with Crippen LogP contribution in [0.25, 0.3) is 11.4 Å². The normalized spacial score (nSPS) is 23.1. The molecule has 4 atom stereocenters. The molecule has 3 aromatic rings. The van der Waals surface area contributed by atoms with Crippen LogP contribution in [0, 0.1) is 12.8 Å². The Labute approximate surface area is 214 Å². The molecule has 0 spiro atoms. The summed E-state index contributed by atoms with van der Waals surface area (Å²) < 4.78 is 0. The Hall–Kier alpha value is -3.12. The van der Waals surface area contributed by atoms with Gasteiger partial charge in [-0.2, -0.15) is 0 Å². The van der Waals surface area contributed by atoms with Gasteiger partial charge in [0.05, 0.1) is 0 Å². The lowest BCUT2D eigenvalue weighted by Gasteiger charge is -2.49. The number of carbonyl (C=O) groups is 1. The number of hydrogen-bond acceptors (Lipinski definition) is 5. The number of piperidine rings is 3. The van der Waals surface area contributed by atoms with Crippen LogP contribution in [-0.2, 0) is 0 Å². The van der Waals surface area contributed by atoms with E-state index in [1.807, 2.05) is 55.7 Å². The van der Waals surface area contributed by atoms with Crippen molar-refractivity contribution in [1.82, 2.24) is 25.2 Å². The average Bonchev–Trinajstić information content (AvgIpc) is 2.93. The van der Waals surface area contributed by atoms with Gasteiger partial charge in [0.1, 0.15) is 0 Å². The third-order valence-corrected chi connectivity index (χ3v) is 8.18. The van der Waals surface area contributed by atoms with Gasteiger partial charge in [-0.25, -0.2) is 9.97 Å². The van der Waals surface area contributed by atoms with Gasteiger partial charge in [-0.1, -0.05) is 31.5 Å². The molecule has 3 aliphatic heterocycles. The summed E-state index contributed by atoms with van der Waals surface area (Å²) in [5.74, 6) is 2.25. The molecule has 3 aliphatic rings. The quantitative estimate of drug-likeness (QED) is 0.467. The highest BCUT2D eigenvalue weighted by atomic mass is 16.1. The minimum absolute atomic E-state index is 0.0156. The highest BCUT2D eigenvalue weighted by molar-refractivity contribution is 5.94. The Morgan fingerprint density at radius 2 is 1.83 bits per heavy atom. The maximum absolute atomic E-state index is 12.7. The average molecular weight is 484 g/mol. The van der Waals surface area contributed by atoms with Crippen LogP contribution in [0.4, 0.5) is 0 Å². The largest absolute Gasteiger partial charge is 0.350 e. The number of pyridine rings is 1. The number of nitrogens with one attached hydrogen (secondary N) is 1. The molecule has 6 nitrogen and oxygen atoms in total. The molecule has 188 valence electrons. The second kappa shape index (κ2) is 10.9. The van der Waals surface area contributed by atoms with Crippen LogP contribution in [0.1, 0.15) is 78.7 Å². The molecule has 4 unspecified atom stereocenters. The number of amides is 1. The van der Waals surface area contributed by atoms with Crippen molar-refractivity contribution < 1.29 is 4.79 Å². The van der Waals surface area contributed by atoms with Gasteiger partial charge in [-0.15, -0.1) is 0 Å². The number of benzene rings is 1. The minimum Gasteiger partial charge on any atom is -0.350 e. The monoisotopic (exact) mass is 483 g/mol. The predicted octanol–water partition coefficient (Wildman–Crippen LogP) is 5.36. The molecular weight excluding hydrogens is 446 g/mol. The second-order valence-electron chi connectivity index (χ2n) is 10.4. The first-order chi connectivity index (χ1) is 17.6. The first kappa shape index (κ1) is 24.6. The van der Waals surface area contributed by atoms with Crippen molar-refractivity contribution in [2.24, 2.45) is 5.92 Å². The lowest BCUT2D eigenvalue weighted by Crippen LogP contribution is -2.56. The Morgan fingerprint density at radius 1 is 1.08 bits per heavy atom. The Kier molecular flexibility index (Phi) is 7.42. The van der Waals surface area contributed by atoms with Crippen LogP contribution in [0.2, 0.25) is 0 Å². The predicted molar refractivity (Wildman–Crippen MR) is 143 cm³/mol. The van der Waals surface area contributed by atoms with Gasteiger partial charge in [0, 0.05) is 65.9 Å². The summed E-state index contributed by atoms with van der Waals surface area (Å²) >= 11 is 0.